The smallest absolute Gasteiger partial charge is 0.226 e. The van der Waals surface area contributed by atoms with E-state index in [2.05, 4.69) is 16.8 Å². The van der Waals surface area contributed by atoms with E-state index in [9.17, 15) is 4.79 Å². The van der Waals surface area contributed by atoms with Crippen molar-refractivity contribution in [2.45, 2.75) is 51.0 Å². The van der Waals surface area contributed by atoms with Crippen LogP contribution in [-0.4, -0.2) is 48.9 Å². The van der Waals surface area contributed by atoms with Crippen LogP contribution < -0.4 is 0 Å². The van der Waals surface area contributed by atoms with Gasteiger partial charge in [-0.25, -0.2) is 0 Å². The van der Waals surface area contributed by atoms with Gasteiger partial charge in [-0.2, -0.15) is 0 Å². The number of amides is 1. The van der Waals surface area contributed by atoms with E-state index in [1.165, 1.54) is 38.5 Å². The highest BCUT2D eigenvalue weighted by molar-refractivity contribution is 5.79. The molecule has 0 aromatic rings. The van der Waals surface area contributed by atoms with Gasteiger partial charge < -0.3 is 9.80 Å². The Labute approximate surface area is 105 Å². The van der Waals surface area contributed by atoms with Crippen molar-refractivity contribution in [3.8, 4) is 0 Å². The minimum atomic E-state index is 0.251. The van der Waals surface area contributed by atoms with E-state index < -0.39 is 0 Å². The van der Waals surface area contributed by atoms with Crippen molar-refractivity contribution < 1.29 is 4.79 Å². The van der Waals surface area contributed by atoms with E-state index in [-0.39, 0.29) is 5.92 Å². The first-order chi connectivity index (χ1) is 8.18. The highest BCUT2D eigenvalue weighted by atomic mass is 16.2. The Morgan fingerprint density at radius 1 is 1.12 bits per heavy atom. The van der Waals surface area contributed by atoms with Crippen molar-refractivity contribution in [3.05, 3.63) is 0 Å². The Morgan fingerprint density at radius 3 is 2.47 bits per heavy atom. The molecule has 1 aliphatic carbocycles. The largest absolute Gasteiger partial charge is 0.342 e. The molecule has 3 heteroatoms. The lowest BCUT2D eigenvalue weighted by atomic mass is 9.92. The van der Waals surface area contributed by atoms with Gasteiger partial charge in [-0.1, -0.05) is 19.3 Å². The van der Waals surface area contributed by atoms with Crippen LogP contribution in [0, 0.1) is 5.92 Å². The molecule has 1 amide bonds. The molecular weight excluding hydrogens is 212 g/mol. The van der Waals surface area contributed by atoms with Crippen LogP contribution in [0.4, 0.5) is 0 Å². The van der Waals surface area contributed by atoms with E-state index in [1.54, 1.807) is 0 Å². The molecule has 0 radical (unpaired) electrons. The molecule has 2 fully saturated rings. The molecule has 3 nitrogen and oxygen atoms in total. The van der Waals surface area contributed by atoms with Gasteiger partial charge in [-0.05, 0) is 39.3 Å². The molecule has 0 aromatic carbocycles. The van der Waals surface area contributed by atoms with Crippen LogP contribution in [0.5, 0.6) is 0 Å². The Kier molecular flexibility index (Phi) is 4.43. The quantitative estimate of drug-likeness (QED) is 0.735. The van der Waals surface area contributed by atoms with E-state index >= 15 is 0 Å². The third-order valence-corrected chi connectivity index (χ3v) is 4.44. The predicted octanol–water partition coefficient (Wildman–Crippen LogP) is 2.12. The van der Waals surface area contributed by atoms with Crippen LogP contribution in [0.2, 0.25) is 0 Å². The summed E-state index contributed by atoms with van der Waals surface area (Å²) >= 11 is 0. The number of carbonyl (C=O) groups is 1. The van der Waals surface area contributed by atoms with Crippen molar-refractivity contribution in [2.75, 3.05) is 27.2 Å². The van der Waals surface area contributed by atoms with Gasteiger partial charge in [0.15, 0.2) is 0 Å². The van der Waals surface area contributed by atoms with Crippen molar-refractivity contribution in [2.24, 2.45) is 5.92 Å². The first-order valence-electron chi connectivity index (χ1n) is 7.13. The molecule has 17 heavy (non-hydrogen) atoms. The fourth-order valence-electron chi connectivity index (χ4n) is 3.30. The normalized spacial score (nSPS) is 28.0. The number of piperidine rings is 1. The first-order valence-corrected chi connectivity index (χ1v) is 7.13. The molecule has 2 aliphatic rings. The summed E-state index contributed by atoms with van der Waals surface area (Å²) in [6, 6.07) is 0.517. The molecule has 1 heterocycles. The minimum Gasteiger partial charge on any atom is -0.342 e. The molecule has 1 atom stereocenters. The maximum atomic E-state index is 12.4. The number of hydrogen-bond donors (Lipinski definition) is 0. The standard InChI is InChI=1S/C14H26N2O/c1-15-10-6-7-12(11-15)14(17)16(2)13-8-4-3-5-9-13/h12-13H,3-11H2,1-2H3/t12-/m1/s1. The van der Waals surface area contributed by atoms with E-state index in [0.29, 0.717) is 11.9 Å². The molecule has 0 unspecified atom stereocenters. The van der Waals surface area contributed by atoms with Gasteiger partial charge in [-0.15, -0.1) is 0 Å². The zero-order valence-corrected chi connectivity index (χ0v) is 11.3. The number of likely N-dealkylation sites (tertiary alicyclic amines) is 1. The molecule has 1 saturated carbocycles. The predicted molar refractivity (Wildman–Crippen MR) is 69.9 cm³/mol. The average Bonchev–Trinajstić information content (AvgIpc) is 2.38. The van der Waals surface area contributed by atoms with Crippen molar-refractivity contribution in [1.29, 1.82) is 0 Å². The number of hydrogen-bond acceptors (Lipinski definition) is 2. The van der Waals surface area contributed by atoms with Crippen molar-refractivity contribution >= 4 is 5.91 Å². The van der Waals surface area contributed by atoms with E-state index in [1.807, 2.05) is 7.05 Å². The van der Waals surface area contributed by atoms with Gasteiger partial charge in [0.05, 0.1) is 5.92 Å². The fourth-order valence-corrected chi connectivity index (χ4v) is 3.30. The van der Waals surface area contributed by atoms with Crippen LogP contribution in [0.25, 0.3) is 0 Å². The van der Waals surface area contributed by atoms with Crippen LogP contribution in [0.1, 0.15) is 44.9 Å². The summed E-state index contributed by atoms with van der Waals surface area (Å²) < 4.78 is 0. The highest BCUT2D eigenvalue weighted by Gasteiger charge is 2.30. The Morgan fingerprint density at radius 2 is 1.82 bits per heavy atom. The molecule has 98 valence electrons. The lowest BCUT2D eigenvalue weighted by Gasteiger charge is -2.36. The molecule has 1 aliphatic heterocycles. The summed E-state index contributed by atoms with van der Waals surface area (Å²) in [4.78, 5) is 16.8. The topological polar surface area (TPSA) is 23.6 Å². The van der Waals surface area contributed by atoms with Gasteiger partial charge >= 0.3 is 0 Å². The third-order valence-electron chi connectivity index (χ3n) is 4.44. The fraction of sp³-hybridized carbons (Fsp3) is 0.929. The van der Waals surface area contributed by atoms with Crippen LogP contribution in [0.15, 0.2) is 0 Å². The van der Waals surface area contributed by atoms with Gasteiger partial charge in [0.25, 0.3) is 0 Å². The SMILES string of the molecule is CN1CCC[C@@H](C(=O)N(C)C2CCCCC2)C1. The number of nitrogens with zero attached hydrogens (tertiary/aromatic N) is 2. The third kappa shape index (κ3) is 3.21. The molecular formula is C14H26N2O. The molecule has 0 bridgehead atoms. The summed E-state index contributed by atoms with van der Waals surface area (Å²) in [6.07, 6.45) is 8.63. The summed E-state index contributed by atoms with van der Waals surface area (Å²) in [7, 11) is 4.15. The number of carbonyl (C=O) groups excluding carboxylic acids is 1. The molecule has 2 rings (SSSR count). The second-order valence-corrected chi connectivity index (χ2v) is 5.84. The summed E-state index contributed by atoms with van der Waals surface area (Å²) in [5.74, 6) is 0.643. The summed E-state index contributed by atoms with van der Waals surface area (Å²) in [6.45, 7) is 2.10. The maximum Gasteiger partial charge on any atom is 0.226 e. The minimum absolute atomic E-state index is 0.251. The second-order valence-electron chi connectivity index (χ2n) is 5.84. The van der Waals surface area contributed by atoms with Crippen LogP contribution >= 0.6 is 0 Å². The maximum absolute atomic E-state index is 12.4. The Bertz CT molecular complexity index is 261. The summed E-state index contributed by atoms with van der Waals surface area (Å²) in [5.41, 5.74) is 0. The van der Waals surface area contributed by atoms with Gasteiger partial charge in [0.1, 0.15) is 0 Å². The molecule has 1 saturated heterocycles. The van der Waals surface area contributed by atoms with Crippen molar-refractivity contribution in [1.82, 2.24) is 9.80 Å². The molecule has 0 spiro atoms. The highest BCUT2D eigenvalue weighted by Crippen LogP contribution is 2.25. The van der Waals surface area contributed by atoms with E-state index in [0.717, 1.165) is 19.5 Å². The Balaban J connectivity index is 1.89. The lowest BCUT2D eigenvalue weighted by molar-refractivity contribution is -0.138. The van der Waals surface area contributed by atoms with Crippen LogP contribution in [-0.2, 0) is 4.79 Å². The van der Waals surface area contributed by atoms with Crippen LogP contribution in [0.3, 0.4) is 0 Å². The second kappa shape index (κ2) is 5.85. The molecule has 0 N–H and O–H groups in total. The lowest BCUT2D eigenvalue weighted by Crippen LogP contribution is -2.46. The zero-order chi connectivity index (χ0) is 12.3. The van der Waals surface area contributed by atoms with Gasteiger partial charge in [0, 0.05) is 19.6 Å². The Hall–Kier alpha value is -0.570. The summed E-state index contributed by atoms with van der Waals surface area (Å²) in [5, 5.41) is 0. The average molecular weight is 238 g/mol. The zero-order valence-electron chi connectivity index (χ0n) is 11.3. The molecule has 0 aromatic heterocycles. The number of rotatable bonds is 2. The first kappa shape index (κ1) is 12.9. The van der Waals surface area contributed by atoms with Gasteiger partial charge in [-0.3, -0.25) is 4.79 Å². The van der Waals surface area contributed by atoms with Gasteiger partial charge in [0.2, 0.25) is 5.91 Å². The monoisotopic (exact) mass is 238 g/mol. The van der Waals surface area contributed by atoms with E-state index in [4.69, 9.17) is 0 Å². The van der Waals surface area contributed by atoms with Crippen molar-refractivity contribution in [3.63, 3.8) is 0 Å².